The minimum atomic E-state index is 0.229. The van der Waals surface area contributed by atoms with E-state index in [1.54, 1.807) is 0 Å². The molecule has 1 heterocycles. The molecule has 2 N–H and O–H groups in total. The number of benzene rings is 1. The number of nitrogens with zero attached hydrogens (tertiary/aromatic N) is 1. The third kappa shape index (κ3) is 4.88. The third-order valence-corrected chi connectivity index (χ3v) is 3.52. The average molecular weight is 294 g/mol. The van der Waals surface area contributed by atoms with Gasteiger partial charge in [0.1, 0.15) is 5.75 Å². The molecule has 2 rings (SSSR count). The van der Waals surface area contributed by atoms with Gasteiger partial charge in [0.15, 0.2) is 0 Å². The topological polar surface area (TPSA) is 54.0 Å². The SMILES string of the molecule is CCOc1cc(CNCCCO)ccc1N1CCOCC1. The Morgan fingerprint density at radius 1 is 1.33 bits per heavy atom. The van der Waals surface area contributed by atoms with Crippen LogP contribution in [0.2, 0.25) is 0 Å². The lowest BCUT2D eigenvalue weighted by Gasteiger charge is -2.30. The van der Waals surface area contributed by atoms with Gasteiger partial charge in [0.05, 0.1) is 25.5 Å². The highest BCUT2D eigenvalue weighted by Gasteiger charge is 2.15. The van der Waals surface area contributed by atoms with Crippen molar-refractivity contribution in [2.45, 2.75) is 19.9 Å². The Morgan fingerprint density at radius 2 is 2.14 bits per heavy atom. The summed E-state index contributed by atoms with van der Waals surface area (Å²) in [5, 5.41) is 12.1. The number of nitrogens with one attached hydrogen (secondary N) is 1. The van der Waals surface area contributed by atoms with Crippen molar-refractivity contribution in [3.63, 3.8) is 0 Å². The monoisotopic (exact) mass is 294 g/mol. The van der Waals surface area contributed by atoms with Gasteiger partial charge in [-0.1, -0.05) is 6.07 Å². The van der Waals surface area contributed by atoms with Gasteiger partial charge in [0.25, 0.3) is 0 Å². The van der Waals surface area contributed by atoms with Crippen LogP contribution in [0.25, 0.3) is 0 Å². The zero-order valence-corrected chi connectivity index (χ0v) is 12.8. The summed E-state index contributed by atoms with van der Waals surface area (Å²) in [6, 6.07) is 6.39. The van der Waals surface area contributed by atoms with Gasteiger partial charge in [-0.05, 0) is 37.6 Å². The summed E-state index contributed by atoms with van der Waals surface area (Å²) >= 11 is 0. The molecule has 1 saturated heterocycles. The van der Waals surface area contributed by atoms with Crippen LogP contribution in [0.1, 0.15) is 18.9 Å². The molecule has 0 bridgehead atoms. The van der Waals surface area contributed by atoms with Crippen LogP contribution in [0.3, 0.4) is 0 Å². The molecule has 21 heavy (non-hydrogen) atoms. The predicted octanol–water partition coefficient (Wildman–Crippen LogP) is 1.39. The molecule has 1 aromatic rings. The maximum atomic E-state index is 8.78. The van der Waals surface area contributed by atoms with Crippen LogP contribution in [0.5, 0.6) is 5.75 Å². The largest absolute Gasteiger partial charge is 0.492 e. The van der Waals surface area contributed by atoms with Crippen molar-refractivity contribution < 1.29 is 14.6 Å². The van der Waals surface area contributed by atoms with Gasteiger partial charge >= 0.3 is 0 Å². The van der Waals surface area contributed by atoms with E-state index in [0.717, 1.165) is 57.3 Å². The molecule has 1 fully saturated rings. The molecule has 5 heteroatoms. The van der Waals surface area contributed by atoms with E-state index in [-0.39, 0.29) is 6.61 Å². The summed E-state index contributed by atoms with van der Waals surface area (Å²) in [6.45, 7) is 7.89. The maximum Gasteiger partial charge on any atom is 0.142 e. The lowest BCUT2D eigenvalue weighted by molar-refractivity contribution is 0.122. The first-order chi connectivity index (χ1) is 10.3. The van der Waals surface area contributed by atoms with Gasteiger partial charge in [0.2, 0.25) is 0 Å². The average Bonchev–Trinajstić information content (AvgIpc) is 2.53. The number of anilines is 1. The molecule has 1 aromatic carbocycles. The first kappa shape index (κ1) is 16.1. The number of hydrogen-bond acceptors (Lipinski definition) is 5. The molecule has 0 radical (unpaired) electrons. The van der Waals surface area contributed by atoms with Crippen molar-refractivity contribution in [2.24, 2.45) is 0 Å². The van der Waals surface area contributed by atoms with Crippen molar-refractivity contribution in [1.29, 1.82) is 0 Å². The van der Waals surface area contributed by atoms with Gasteiger partial charge in [-0.25, -0.2) is 0 Å². The van der Waals surface area contributed by atoms with Crippen LogP contribution >= 0.6 is 0 Å². The fraction of sp³-hybridized carbons (Fsp3) is 0.625. The predicted molar refractivity (Wildman–Crippen MR) is 84.1 cm³/mol. The maximum absolute atomic E-state index is 8.78. The number of ether oxygens (including phenoxy) is 2. The van der Waals surface area contributed by atoms with E-state index >= 15 is 0 Å². The van der Waals surface area contributed by atoms with E-state index in [4.69, 9.17) is 14.6 Å². The fourth-order valence-electron chi connectivity index (χ4n) is 2.44. The Labute approximate surface area is 126 Å². The molecule has 0 unspecified atom stereocenters. The van der Waals surface area contributed by atoms with Crippen molar-refractivity contribution in [2.75, 3.05) is 51.0 Å². The van der Waals surface area contributed by atoms with E-state index in [9.17, 15) is 0 Å². The Morgan fingerprint density at radius 3 is 2.86 bits per heavy atom. The standard InChI is InChI=1S/C16H26N2O3/c1-2-21-16-12-14(13-17-6-3-9-19)4-5-15(16)18-7-10-20-11-8-18/h4-5,12,17,19H,2-3,6-11,13H2,1H3. The zero-order valence-electron chi connectivity index (χ0n) is 12.8. The second-order valence-corrected chi connectivity index (χ2v) is 5.09. The van der Waals surface area contributed by atoms with Gasteiger partial charge < -0.3 is 24.8 Å². The molecule has 0 spiro atoms. The van der Waals surface area contributed by atoms with Crippen LogP contribution in [-0.4, -0.2) is 51.2 Å². The van der Waals surface area contributed by atoms with E-state index in [1.807, 2.05) is 6.92 Å². The van der Waals surface area contributed by atoms with Crippen molar-refractivity contribution in [1.82, 2.24) is 5.32 Å². The molecular formula is C16H26N2O3. The first-order valence-electron chi connectivity index (χ1n) is 7.75. The molecule has 0 saturated carbocycles. The summed E-state index contributed by atoms with van der Waals surface area (Å²) in [5.74, 6) is 0.945. The molecule has 0 aliphatic carbocycles. The van der Waals surface area contributed by atoms with Crippen molar-refractivity contribution in [3.8, 4) is 5.75 Å². The molecule has 0 amide bonds. The molecule has 118 valence electrons. The Bertz CT molecular complexity index is 420. The van der Waals surface area contributed by atoms with Crippen LogP contribution < -0.4 is 15.0 Å². The highest BCUT2D eigenvalue weighted by Crippen LogP contribution is 2.30. The van der Waals surface area contributed by atoms with Crippen LogP contribution in [0.15, 0.2) is 18.2 Å². The van der Waals surface area contributed by atoms with Gasteiger partial charge in [-0.3, -0.25) is 0 Å². The molecule has 0 aromatic heterocycles. The Balaban J connectivity index is 2.03. The zero-order chi connectivity index (χ0) is 14.9. The summed E-state index contributed by atoms with van der Waals surface area (Å²) < 4.78 is 11.2. The number of aliphatic hydroxyl groups is 1. The summed E-state index contributed by atoms with van der Waals surface area (Å²) in [5.41, 5.74) is 2.35. The van der Waals surface area contributed by atoms with Gasteiger partial charge in [-0.2, -0.15) is 0 Å². The van der Waals surface area contributed by atoms with E-state index in [0.29, 0.717) is 6.61 Å². The smallest absolute Gasteiger partial charge is 0.142 e. The van der Waals surface area contributed by atoms with E-state index in [2.05, 4.69) is 28.4 Å². The van der Waals surface area contributed by atoms with Crippen molar-refractivity contribution >= 4 is 5.69 Å². The second kappa shape index (κ2) is 8.87. The van der Waals surface area contributed by atoms with Crippen LogP contribution in [-0.2, 0) is 11.3 Å². The summed E-state index contributed by atoms with van der Waals surface area (Å²) in [6.07, 6.45) is 0.782. The normalized spacial score (nSPS) is 15.2. The minimum Gasteiger partial charge on any atom is -0.492 e. The first-order valence-corrected chi connectivity index (χ1v) is 7.75. The fourth-order valence-corrected chi connectivity index (χ4v) is 2.44. The number of hydrogen-bond donors (Lipinski definition) is 2. The Kier molecular flexibility index (Phi) is 6.79. The third-order valence-electron chi connectivity index (χ3n) is 3.52. The minimum absolute atomic E-state index is 0.229. The van der Waals surface area contributed by atoms with Gasteiger partial charge in [0, 0.05) is 26.2 Å². The number of rotatable bonds is 8. The highest BCUT2D eigenvalue weighted by atomic mass is 16.5. The lowest BCUT2D eigenvalue weighted by Crippen LogP contribution is -2.36. The second-order valence-electron chi connectivity index (χ2n) is 5.09. The molecule has 1 aliphatic rings. The summed E-state index contributed by atoms with van der Waals surface area (Å²) in [4.78, 5) is 2.32. The van der Waals surface area contributed by atoms with E-state index in [1.165, 1.54) is 5.56 Å². The Hall–Kier alpha value is -1.30. The molecule has 0 atom stereocenters. The molecular weight excluding hydrogens is 268 g/mol. The highest BCUT2D eigenvalue weighted by molar-refractivity contribution is 5.60. The van der Waals surface area contributed by atoms with Crippen LogP contribution in [0, 0.1) is 0 Å². The van der Waals surface area contributed by atoms with E-state index < -0.39 is 0 Å². The summed E-state index contributed by atoms with van der Waals surface area (Å²) in [7, 11) is 0. The number of morpholine rings is 1. The molecule has 1 aliphatic heterocycles. The molecule has 5 nitrogen and oxygen atoms in total. The quantitative estimate of drug-likeness (QED) is 0.710. The lowest BCUT2D eigenvalue weighted by atomic mass is 10.1. The van der Waals surface area contributed by atoms with Crippen molar-refractivity contribution in [3.05, 3.63) is 23.8 Å². The number of aliphatic hydroxyl groups excluding tert-OH is 1. The van der Waals surface area contributed by atoms with Gasteiger partial charge in [-0.15, -0.1) is 0 Å². The van der Waals surface area contributed by atoms with Crippen LogP contribution in [0.4, 0.5) is 5.69 Å².